The number of piperazine rings is 1. The van der Waals surface area contributed by atoms with Crippen molar-refractivity contribution < 1.29 is 9.59 Å². The van der Waals surface area contributed by atoms with Crippen LogP contribution >= 0.6 is 0 Å². The van der Waals surface area contributed by atoms with Crippen molar-refractivity contribution in [2.75, 3.05) is 39.3 Å². The van der Waals surface area contributed by atoms with Crippen LogP contribution in [0.4, 0.5) is 0 Å². The van der Waals surface area contributed by atoms with Gasteiger partial charge in [0.15, 0.2) is 0 Å². The van der Waals surface area contributed by atoms with Crippen LogP contribution in [0.5, 0.6) is 0 Å². The Hall–Kier alpha value is -1.88. The molecule has 0 bridgehead atoms. The van der Waals surface area contributed by atoms with E-state index in [1.165, 1.54) is 19.3 Å². The van der Waals surface area contributed by atoms with Gasteiger partial charge in [0.25, 0.3) is 0 Å². The van der Waals surface area contributed by atoms with Gasteiger partial charge in [0.2, 0.25) is 11.8 Å². The van der Waals surface area contributed by atoms with Gasteiger partial charge in [-0.05, 0) is 37.7 Å². The third-order valence-corrected chi connectivity index (χ3v) is 6.37. The summed E-state index contributed by atoms with van der Waals surface area (Å²) in [5.74, 6) is 0.479. The van der Waals surface area contributed by atoms with Gasteiger partial charge in [-0.15, -0.1) is 0 Å². The van der Waals surface area contributed by atoms with E-state index in [1.807, 2.05) is 40.1 Å². The molecule has 0 N–H and O–H groups in total. The summed E-state index contributed by atoms with van der Waals surface area (Å²) in [5.41, 5.74) is 1.06. The van der Waals surface area contributed by atoms with Crippen molar-refractivity contribution in [2.45, 2.75) is 64.3 Å². The topological polar surface area (TPSA) is 43.9 Å². The first-order chi connectivity index (χ1) is 14.2. The minimum absolute atomic E-state index is 0.191. The maximum Gasteiger partial charge on any atom is 0.226 e. The molecule has 1 aliphatic heterocycles. The number of hydrogen-bond donors (Lipinski definition) is 0. The molecule has 0 aromatic heterocycles. The molecule has 160 valence electrons. The van der Waals surface area contributed by atoms with E-state index in [4.69, 9.17) is 0 Å². The SMILES string of the molecule is CCCN(CCCCC(=O)N1CCN(C2CCC2)CC1)C(=O)Cc1ccccc1. The molecule has 1 aromatic carbocycles. The lowest BCUT2D eigenvalue weighted by Crippen LogP contribution is -2.53. The zero-order chi connectivity index (χ0) is 20.5. The van der Waals surface area contributed by atoms with Crippen LogP contribution in [0.1, 0.15) is 57.4 Å². The van der Waals surface area contributed by atoms with Gasteiger partial charge in [-0.1, -0.05) is 43.7 Å². The Balaban J connectivity index is 1.34. The Morgan fingerprint density at radius 1 is 1.00 bits per heavy atom. The smallest absolute Gasteiger partial charge is 0.226 e. The van der Waals surface area contributed by atoms with Gasteiger partial charge in [-0.2, -0.15) is 0 Å². The summed E-state index contributed by atoms with van der Waals surface area (Å²) in [6.45, 7) is 7.49. The first-order valence-electron chi connectivity index (χ1n) is 11.5. The number of amides is 2. The van der Waals surface area contributed by atoms with Gasteiger partial charge in [0, 0.05) is 51.7 Å². The average molecular weight is 400 g/mol. The lowest BCUT2D eigenvalue weighted by Gasteiger charge is -2.43. The Labute approximate surface area is 176 Å². The van der Waals surface area contributed by atoms with Crippen molar-refractivity contribution in [3.05, 3.63) is 35.9 Å². The average Bonchev–Trinajstić information content (AvgIpc) is 2.70. The number of carbonyl (C=O) groups is 2. The number of carbonyl (C=O) groups excluding carboxylic acids is 2. The summed E-state index contributed by atoms with van der Waals surface area (Å²) >= 11 is 0. The maximum atomic E-state index is 12.6. The molecule has 5 nitrogen and oxygen atoms in total. The second-order valence-electron chi connectivity index (χ2n) is 8.50. The number of nitrogens with zero attached hydrogens (tertiary/aromatic N) is 3. The van der Waals surface area contributed by atoms with Crippen LogP contribution in [0.3, 0.4) is 0 Å². The summed E-state index contributed by atoms with van der Waals surface area (Å²) in [6.07, 6.45) is 7.84. The van der Waals surface area contributed by atoms with Crippen LogP contribution in [-0.4, -0.2) is 71.8 Å². The van der Waals surface area contributed by atoms with Crippen LogP contribution in [0.15, 0.2) is 30.3 Å². The quantitative estimate of drug-likeness (QED) is 0.567. The fraction of sp³-hybridized carbons (Fsp3) is 0.667. The van der Waals surface area contributed by atoms with Crippen molar-refractivity contribution in [3.8, 4) is 0 Å². The Kier molecular flexibility index (Phi) is 8.53. The van der Waals surface area contributed by atoms with E-state index >= 15 is 0 Å². The van der Waals surface area contributed by atoms with Gasteiger partial charge < -0.3 is 9.80 Å². The third kappa shape index (κ3) is 6.56. The lowest BCUT2D eigenvalue weighted by molar-refractivity contribution is -0.133. The minimum Gasteiger partial charge on any atom is -0.342 e. The predicted octanol–water partition coefficient (Wildman–Crippen LogP) is 3.33. The summed E-state index contributed by atoms with van der Waals surface area (Å²) in [5, 5.41) is 0. The molecule has 1 aromatic rings. The third-order valence-electron chi connectivity index (χ3n) is 6.37. The number of hydrogen-bond acceptors (Lipinski definition) is 3. The van der Waals surface area contributed by atoms with Crippen molar-refractivity contribution in [1.29, 1.82) is 0 Å². The fourth-order valence-electron chi connectivity index (χ4n) is 4.34. The van der Waals surface area contributed by atoms with E-state index in [1.54, 1.807) is 0 Å². The van der Waals surface area contributed by atoms with Crippen LogP contribution in [0.2, 0.25) is 0 Å². The number of unbranched alkanes of at least 4 members (excludes halogenated alkanes) is 1. The molecule has 1 saturated heterocycles. The van der Waals surface area contributed by atoms with Crippen molar-refractivity contribution in [3.63, 3.8) is 0 Å². The summed E-state index contributed by atoms with van der Waals surface area (Å²) in [7, 11) is 0. The van der Waals surface area contributed by atoms with Crippen molar-refractivity contribution >= 4 is 11.8 Å². The highest BCUT2D eigenvalue weighted by atomic mass is 16.2. The second kappa shape index (κ2) is 11.3. The fourth-order valence-corrected chi connectivity index (χ4v) is 4.34. The highest BCUT2D eigenvalue weighted by Crippen LogP contribution is 2.25. The molecule has 2 amide bonds. The van der Waals surface area contributed by atoms with Gasteiger partial charge in [0.05, 0.1) is 6.42 Å². The molecule has 2 fully saturated rings. The van der Waals surface area contributed by atoms with Gasteiger partial charge in [-0.25, -0.2) is 0 Å². The monoisotopic (exact) mass is 399 g/mol. The first-order valence-corrected chi connectivity index (χ1v) is 11.5. The molecule has 5 heteroatoms. The predicted molar refractivity (Wildman–Crippen MR) is 117 cm³/mol. The number of rotatable bonds is 10. The van der Waals surface area contributed by atoms with E-state index in [0.29, 0.717) is 12.8 Å². The summed E-state index contributed by atoms with van der Waals surface area (Å²) in [4.78, 5) is 31.7. The van der Waals surface area contributed by atoms with E-state index in [2.05, 4.69) is 11.8 Å². The normalized spacial score (nSPS) is 17.8. The Morgan fingerprint density at radius 3 is 2.34 bits per heavy atom. The zero-order valence-electron chi connectivity index (χ0n) is 18.0. The second-order valence-corrected chi connectivity index (χ2v) is 8.50. The Bertz CT molecular complexity index is 637. The molecule has 1 aliphatic carbocycles. The summed E-state index contributed by atoms with van der Waals surface area (Å²) in [6, 6.07) is 10.7. The van der Waals surface area contributed by atoms with Crippen molar-refractivity contribution in [1.82, 2.24) is 14.7 Å². The molecule has 0 unspecified atom stereocenters. The van der Waals surface area contributed by atoms with E-state index in [-0.39, 0.29) is 11.8 Å². The molecule has 2 aliphatic rings. The van der Waals surface area contributed by atoms with E-state index < -0.39 is 0 Å². The molecule has 1 heterocycles. The molecule has 1 saturated carbocycles. The van der Waals surface area contributed by atoms with Gasteiger partial charge in [-0.3, -0.25) is 14.5 Å². The van der Waals surface area contributed by atoms with Crippen LogP contribution in [0.25, 0.3) is 0 Å². The molecule has 0 spiro atoms. The maximum absolute atomic E-state index is 12.6. The highest BCUT2D eigenvalue weighted by Gasteiger charge is 2.29. The standard InChI is InChI=1S/C24H37N3O2/c1-2-14-26(24(29)20-21-9-4-3-5-10-21)15-7-6-13-23(28)27-18-16-25(17-19-27)22-11-8-12-22/h3-5,9-10,22H,2,6-8,11-20H2,1H3. The molecule has 0 atom stereocenters. The van der Waals surface area contributed by atoms with Crippen LogP contribution in [0, 0.1) is 0 Å². The minimum atomic E-state index is 0.191. The van der Waals surface area contributed by atoms with Gasteiger partial charge >= 0.3 is 0 Å². The van der Waals surface area contributed by atoms with E-state index in [0.717, 1.165) is 70.1 Å². The largest absolute Gasteiger partial charge is 0.342 e. The molecule has 29 heavy (non-hydrogen) atoms. The van der Waals surface area contributed by atoms with Gasteiger partial charge in [0.1, 0.15) is 0 Å². The van der Waals surface area contributed by atoms with Crippen molar-refractivity contribution in [2.24, 2.45) is 0 Å². The zero-order valence-corrected chi connectivity index (χ0v) is 18.0. The molecular weight excluding hydrogens is 362 g/mol. The molecular formula is C24H37N3O2. The van der Waals surface area contributed by atoms with Crippen LogP contribution < -0.4 is 0 Å². The highest BCUT2D eigenvalue weighted by molar-refractivity contribution is 5.78. The van der Waals surface area contributed by atoms with E-state index in [9.17, 15) is 9.59 Å². The first kappa shape index (κ1) is 21.8. The summed E-state index contributed by atoms with van der Waals surface area (Å²) < 4.78 is 0. The van der Waals surface area contributed by atoms with Crippen LogP contribution in [-0.2, 0) is 16.0 Å². The number of benzene rings is 1. The molecule has 3 rings (SSSR count). The molecule has 0 radical (unpaired) electrons. The lowest BCUT2D eigenvalue weighted by atomic mass is 9.91. The Morgan fingerprint density at radius 2 is 1.72 bits per heavy atom.